The maximum atomic E-state index is 11.9. The highest BCUT2D eigenvalue weighted by Crippen LogP contribution is 2.26. The van der Waals surface area contributed by atoms with E-state index in [1.165, 1.54) is 19.3 Å². The third kappa shape index (κ3) is 4.63. The van der Waals surface area contributed by atoms with Crippen molar-refractivity contribution in [2.45, 2.75) is 57.4 Å². The minimum atomic E-state index is -0.0586. The Morgan fingerprint density at radius 2 is 2.25 bits per heavy atom. The lowest BCUT2D eigenvalue weighted by Gasteiger charge is -2.29. The molecule has 20 heavy (non-hydrogen) atoms. The van der Waals surface area contributed by atoms with Gasteiger partial charge in [0.05, 0.1) is 18.8 Å². The van der Waals surface area contributed by atoms with Gasteiger partial charge >= 0.3 is 0 Å². The number of rotatable bonds is 7. The van der Waals surface area contributed by atoms with Crippen LogP contribution in [0.2, 0.25) is 0 Å². The number of aromatic nitrogens is 2. The average molecular weight is 279 g/mol. The van der Waals surface area contributed by atoms with Gasteiger partial charge in [-0.05, 0) is 37.2 Å². The predicted octanol–water partition coefficient (Wildman–Crippen LogP) is 1.79. The van der Waals surface area contributed by atoms with Gasteiger partial charge in [0.15, 0.2) is 0 Å². The Bertz CT molecular complexity index is 386. The van der Waals surface area contributed by atoms with Gasteiger partial charge in [0.1, 0.15) is 0 Å². The second-order valence-corrected chi connectivity index (χ2v) is 5.71. The molecule has 1 amide bonds. The van der Waals surface area contributed by atoms with E-state index in [1.54, 1.807) is 6.20 Å². The third-order valence-electron chi connectivity index (χ3n) is 4.19. The van der Waals surface area contributed by atoms with Gasteiger partial charge in [-0.3, -0.25) is 9.89 Å². The van der Waals surface area contributed by atoms with Crippen LogP contribution in [0.1, 0.15) is 50.5 Å². The molecule has 1 aliphatic rings. The molecular formula is C15H25N3O2. The van der Waals surface area contributed by atoms with Crippen molar-refractivity contribution in [3.63, 3.8) is 0 Å². The van der Waals surface area contributed by atoms with Crippen LogP contribution in [0.5, 0.6) is 0 Å². The van der Waals surface area contributed by atoms with E-state index in [1.807, 2.05) is 6.20 Å². The van der Waals surface area contributed by atoms with Gasteiger partial charge in [0, 0.05) is 12.6 Å². The van der Waals surface area contributed by atoms with E-state index < -0.39 is 0 Å². The van der Waals surface area contributed by atoms with Gasteiger partial charge in [-0.2, -0.15) is 5.10 Å². The van der Waals surface area contributed by atoms with Crippen molar-refractivity contribution in [3.8, 4) is 0 Å². The van der Waals surface area contributed by atoms with Crippen molar-refractivity contribution < 1.29 is 9.90 Å². The molecule has 0 unspecified atom stereocenters. The van der Waals surface area contributed by atoms with Gasteiger partial charge in [-0.15, -0.1) is 0 Å². The number of aromatic amines is 1. The Labute approximate surface area is 120 Å². The molecule has 1 heterocycles. The first-order valence-electron chi connectivity index (χ1n) is 7.67. The number of nitrogens with one attached hydrogen (secondary N) is 2. The summed E-state index contributed by atoms with van der Waals surface area (Å²) in [6.45, 7) is 0.0537. The van der Waals surface area contributed by atoms with E-state index in [9.17, 15) is 9.90 Å². The van der Waals surface area contributed by atoms with Crippen LogP contribution >= 0.6 is 0 Å². The van der Waals surface area contributed by atoms with Crippen LogP contribution in [0.25, 0.3) is 0 Å². The monoisotopic (exact) mass is 279 g/mol. The van der Waals surface area contributed by atoms with Crippen LogP contribution in [0, 0.1) is 5.92 Å². The summed E-state index contributed by atoms with van der Waals surface area (Å²) in [5.41, 5.74) is 1.13. The molecule has 112 valence electrons. The van der Waals surface area contributed by atoms with Crippen LogP contribution in [0.15, 0.2) is 12.4 Å². The molecule has 1 fully saturated rings. The highest BCUT2D eigenvalue weighted by atomic mass is 16.3. The average Bonchev–Trinajstić information content (AvgIpc) is 2.99. The van der Waals surface area contributed by atoms with E-state index in [-0.39, 0.29) is 18.6 Å². The van der Waals surface area contributed by atoms with Gasteiger partial charge in [-0.1, -0.05) is 19.3 Å². The predicted molar refractivity (Wildman–Crippen MR) is 77.1 cm³/mol. The van der Waals surface area contributed by atoms with Gasteiger partial charge in [0.2, 0.25) is 5.91 Å². The van der Waals surface area contributed by atoms with Crippen LogP contribution in [0.4, 0.5) is 0 Å². The fraction of sp³-hybridized carbons (Fsp3) is 0.733. The van der Waals surface area contributed by atoms with E-state index >= 15 is 0 Å². The third-order valence-corrected chi connectivity index (χ3v) is 4.19. The van der Waals surface area contributed by atoms with Crippen LogP contribution < -0.4 is 5.32 Å². The molecule has 0 spiro atoms. The number of H-pyrrole nitrogens is 1. The van der Waals surface area contributed by atoms with Crippen molar-refractivity contribution in [1.82, 2.24) is 15.5 Å². The molecule has 1 atom stereocenters. The number of amides is 1. The molecule has 0 aromatic carbocycles. The largest absolute Gasteiger partial charge is 0.394 e. The molecule has 0 radical (unpaired) electrons. The summed E-state index contributed by atoms with van der Waals surface area (Å²) in [6.07, 6.45) is 11.8. The van der Waals surface area contributed by atoms with E-state index in [0.717, 1.165) is 31.2 Å². The maximum absolute atomic E-state index is 11.9. The van der Waals surface area contributed by atoms with E-state index in [2.05, 4.69) is 15.5 Å². The normalized spacial score (nSPS) is 17.9. The summed E-state index contributed by atoms with van der Waals surface area (Å²) in [5, 5.41) is 19.1. The number of aryl methyl sites for hydroxylation is 1. The van der Waals surface area contributed by atoms with Crippen LogP contribution in [-0.4, -0.2) is 33.9 Å². The van der Waals surface area contributed by atoms with Crippen molar-refractivity contribution in [1.29, 1.82) is 0 Å². The van der Waals surface area contributed by atoms with Crippen molar-refractivity contribution in [3.05, 3.63) is 18.0 Å². The molecule has 0 bridgehead atoms. The zero-order valence-electron chi connectivity index (χ0n) is 12.0. The molecule has 1 saturated carbocycles. The first kappa shape index (κ1) is 15.0. The highest BCUT2D eigenvalue weighted by Gasteiger charge is 2.24. The molecule has 3 N–H and O–H groups in total. The zero-order valence-corrected chi connectivity index (χ0v) is 12.0. The number of carbonyl (C=O) groups excluding carboxylic acids is 1. The molecule has 0 aliphatic heterocycles. The first-order valence-corrected chi connectivity index (χ1v) is 7.67. The van der Waals surface area contributed by atoms with Crippen LogP contribution in [0.3, 0.4) is 0 Å². The number of aliphatic hydroxyl groups excluding tert-OH is 1. The number of hydrogen-bond acceptors (Lipinski definition) is 3. The maximum Gasteiger partial charge on any atom is 0.220 e. The zero-order chi connectivity index (χ0) is 14.2. The molecule has 1 aromatic rings. The fourth-order valence-electron chi connectivity index (χ4n) is 3.00. The summed E-state index contributed by atoms with van der Waals surface area (Å²) >= 11 is 0. The van der Waals surface area contributed by atoms with Gasteiger partial charge in [-0.25, -0.2) is 0 Å². The smallest absolute Gasteiger partial charge is 0.220 e. The molecule has 5 heteroatoms. The lowest BCUT2D eigenvalue weighted by molar-refractivity contribution is -0.122. The van der Waals surface area contributed by atoms with Gasteiger partial charge < -0.3 is 10.4 Å². The van der Waals surface area contributed by atoms with Crippen molar-refractivity contribution >= 4 is 5.91 Å². The molecule has 1 aliphatic carbocycles. The molecule has 2 rings (SSSR count). The van der Waals surface area contributed by atoms with Gasteiger partial charge in [0.25, 0.3) is 0 Å². The SMILES string of the molecule is O=C(CCCc1cn[nH]c1)N[C@H](CO)C1CCCCC1. The van der Waals surface area contributed by atoms with Crippen LogP contribution in [-0.2, 0) is 11.2 Å². The Kier molecular flexibility index (Phi) is 6.05. The Hall–Kier alpha value is -1.36. The summed E-state index contributed by atoms with van der Waals surface area (Å²) in [4.78, 5) is 11.9. The standard InChI is InChI=1S/C15H25N3O2/c19-11-14(13-6-2-1-3-7-13)18-15(20)8-4-5-12-9-16-17-10-12/h9-10,13-14,19H,1-8,11H2,(H,16,17)(H,18,20)/t14-/m1/s1. The van der Waals surface area contributed by atoms with E-state index in [4.69, 9.17) is 0 Å². The number of nitrogens with zero attached hydrogens (tertiary/aromatic N) is 1. The number of aliphatic hydroxyl groups is 1. The molecule has 0 saturated heterocycles. The Morgan fingerprint density at radius 3 is 2.90 bits per heavy atom. The minimum Gasteiger partial charge on any atom is -0.394 e. The lowest BCUT2D eigenvalue weighted by atomic mass is 9.84. The highest BCUT2D eigenvalue weighted by molar-refractivity contribution is 5.76. The van der Waals surface area contributed by atoms with E-state index in [0.29, 0.717) is 12.3 Å². The summed E-state index contributed by atoms with van der Waals surface area (Å²) < 4.78 is 0. The molecular weight excluding hydrogens is 254 g/mol. The molecule has 5 nitrogen and oxygen atoms in total. The number of hydrogen-bond donors (Lipinski definition) is 3. The van der Waals surface area contributed by atoms with Crippen molar-refractivity contribution in [2.75, 3.05) is 6.61 Å². The Morgan fingerprint density at radius 1 is 1.45 bits per heavy atom. The number of carbonyl (C=O) groups is 1. The second kappa shape index (κ2) is 8.04. The summed E-state index contributed by atoms with van der Waals surface area (Å²) in [6, 6.07) is -0.0586. The lowest BCUT2D eigenvalue weighted by Crippen LogP contribution is -2.43. The summed E-state index contributed by atoms with van der Waals surface area (Å²) in [5.74, 6) is 0.504. The molecule has 1 aromatic heterocycles. The second-order valence-electron chi connectivity index (χ2n) is 5.71. The topological polar surface area (TPSA) is 78.0 Å². The first-order chi connectivity index (χ1) is 9.79. The minimum absolute atomic E-state index is 0.0537. The van der Waals surface area contributed by atoms with Crippen molar-refractivity contribution in [2.24, 2.45) is 5.92 Å². The Balaban J connectivity index is 1.68. The quantitative estimate of drug-likeness (QED) is 0.712. The summed E-state index contributed by atoms with van der Waals surface area (Å²) in [7, 11) is 0. The fourth-order valence-corrected chi connectivity index (χ4v) is 3.00.